The number of hydrogen-bond donors (Lipinski definition) is 1. The van der Waals surface area contributed by atoms with Gasteiger partial charge in [0, 0.05) is 18.3 Å². The van der Waals surface area contributed by atoms with Crippen molar-refractivity contribution in [3.63, 3.8) is 0 Å². The van der Waals surface area contributed by atoms with E-state index < -0.39 is 0 Å². The first kappa shape index (κ1) is 15.5. The van der Waals surface area contributed by atoms with Crippen LogP contribution in [0.1, 0.15) is 6.42 Å². The Balaban J connectivity index is 1.40. The lowest BCUT2D eigenvalue weighted by atomic mass is 10.0. The van der Waals surface area contributed by atoms with E-state index in [0.717, 1.165) is 53.5 Å². The van der Waals surface area contributed by atoms with Gasteiger partial charge in [-0.2, -0.15) is 5.10 Å². The number of nitrogens with zero attached hydrogens (tertiary/aromatic N) is 2. The van der Waals surface area contributed by atoms with Crippen LogP contribution in [-0.4, -0.2) is 29.7 Å². The van der Waals surface area contributed by atoms with Gasteiger partial charge >= 0.3 is 0 Å². The Morgan fingerprint density at radius 3 is 2.81 bits per heavy atom. The van der Waals surface area contributed by atoms with Gasteiger partial charge in [-0.05, 0) is 60.8 Å². The molecule has 0 radical (unpaired) electrons. The molecule has 1 aromatic heterocycles. The van der Waals surface area contributed by atoms with Crippen LogP contribution in [0.2, 0.25) is 0 Å². The first-order valence-corrected chi connectivity index (χ1v) is 9.10. The van der Waals surface area contributed by atoms with E-state index in [1.807, 2.05) is 12.1 Å². The molecule has 2 aromatic carbocycles. The predicted octanol–water partition coefficient (Wildman–Crippen LogP) is 3.56. The van der Waals surface area contributed by atoms with Gasteiger partial charge < -0.3 is 14.8 Å². The average molecular weight is 347 g/mol. The summed E-state index contributed by atoms with van der Waals surface area (Å²) < 4.78 is 13.0. The second kappa shape index (κ2) is 6.50. The number of fused-ring (bicyclic) bond motifs is 1. The second-order valence-corrected chi connectivity index (χ2v) is 6.93. The first-order valence-electron chi connectivity index (χ1n) is 9.10. The van der Waals surface area contributed by atoms with Crippen molar-refractivity contribution in [2.75, 3.05) is 19.9 Å². The average Bonchev–Trinajstić information content (AvgIpc) is 3.43. The molecule has 0 aliphatic carbocycles. The van der Waals surface area contributed by atoms with Crippen LogP contribution in [0.3, 0.4) is 0 Å². The molecule has 5 rings (SSSR count). The molecule has 0 spiro atoms. The summed E-state index contributed by atoms with van der Waals surface area (Å²) in [5.41, 5.74) is 4.41. The molecular weight excluding hydrogens is 326 g/mol. The Bertz CT molecular complexity index is 929. The highest BCUT2D eigenvalue weighted by Gasteiger charge is 2.16. The molecule has 0 bridgehead atoms. The van der Waals surface area contributed by atoms with Crippen molar-refractivity contribution in [1.82, 2.24) is 15.1 Å². The monoisotopic (exact) mass is 347 g/mol. The Morgan fingerprint density at radius 1 is 1.00 bits per heavy atom. The van der Waals surface area contributed by atoms with Crippen molar-refractivity contribution in [3.05, 3.63) is 54.7 Å². The molecule has 0 amide bonds. The summed E-state index contributed by atoms with van der Waals surface area (Å²) in [6.07, 6.45) is 3.32. The van der Waals surface area contributed by atoms with Gasteiger partial charge in [-0.25, -0.2) is 0 Å². The maximum Gasteiger partial charge on any atom is 0.231 e. The zero-order valence-electron chi connectivity index (χ0n) is 14.5. The van der Waals surface area contributed by atoms with Gasteiger partial charge in [-0.15, -0.1) is 0 Å². The van der Waals surface area contributed by atoms with Crippen molar-refractivity contribution in [2.45, 2.75) is 13.0 Å². The minimum absolute atomic E-state index is 0.298. The zero-order valence-corrected chi connectivity index (χ0v) is 14.5. The summed E-state index contributed by atoms with van der Waals surface area (Å²) in [5, 5.41) is 8.19. The molecule has 3 heterocycles. The highest BCUT2D eigenvalue weighted by molar-refractivity contribution is 5.73. The van der Waals surface area contributed by atoms with Crippen LogP contribution in [0.4, 0.5) is 0 Å². The predicted molar refractivity (Wildman–Crippen MR) is 100 cm³/mol. The molecule has 5 nitrogen and oxygen atoms in total. The fourth-order valence-electron chi connectivity index (χ4n) is 3.69. The number of rotatable bonds is 4. The van der Waals surface area contributed by atoms with Crippen molar-refractivity contribution < 1.29 is 9.47 Å². The third-order valence-electron chi connectivity index (χ3n) is 5.11. The van der Waals surface area contributed by atoms with Gasteiger partial charge in [0.15, 0.2) is 11.5 Å². The van der Waals surface area contributed by atoms with Gasteiger partial charge in [0.2, 0.25) is 6.79 Å². The maximum atomic E-state index is 5.50. The lowest BCUT2D eigenvalue weighted by molar-refractivity contribution is 0.174. The van der Waals surface area contributed by atoms with E-state index in [4.69, 9.17) is 14.6 Å². The summed E-state index contributed by atoms with van der Waals surface area (Å²) in [6.45, 7) is 3.49. The second-order valence-electron chi connectivity index (χ2n) is 6.93. The molecule has 1 fully saturated rings. The third-order valence-corrected chi connectivity index (χ3v) is 5.11. The molecule has 2 aliphatic rings. The zero-order chi connectivity index (χ0) is 17.3. The molecule has 5 heteroatoms. The largest absolute Gasteiger partial charge is 0.454 e. The Labute approximate surface area is 152 Å². The van der Waals surface area contributed by atoms with E-state index in [0.29, 0.717) is 12.7 Å². The van der Waals surface area contributed by atoms with Gasteiger partial charge in [0.25, 0.3) is 0 Å². The van der Waals surface area contributed by atoms with Crippen molar-refractivity contribution in [3.8, 4) is 33.9 Å². The van der Waals surface area contributed by atoms with Gasteiger partial charge in [-0.1, -0.05) is 24.3 Å². The van der Waals surface area contributed by atoms with Crippen LogP contribution in [0.5, 0.6) is 11.5 Å². The molecule has 132 valence electrons. The lowest BCUT2D eigenvalue weighted by Crippen LogP contribution is -2.14. The maximum absolute atomic E-state index is 5.50. The van der Waals surface area contributed by atoms with Crippen LogP contribution < -0.4 is 14.8 Å². The molecule has 0 saturated carbocycles. The van der Waals surface area contributed by atoms with Crippen LogP contribution >= 0.6 is 0 Å². The fraction of sp³-hybridized carbons (Fsp3) is 0.286. The molecule has 26 heavy (non-hydrogen) atoms. The highest BCUT2D eigenvalue weighted by atomic mass is 16.7. The first-order chi connectivity index (χ1) is 12.8. The summed E-state index contributed by atoms with van der Waals surface area (Å²) in [7, 11) is 0. The number of ether oxygens (including phenoxy) is 2. The van der Waals surface area contributed by atoms with Crippen molar-refractivity contribution in [2.24, 2.45) is 5.92 Å². The van der Waals surface area contributed by atoms with Gasteiger partial charge in [-0.3, -0.25) is 4.68 Å². The van der Waals surface area contributed by atoms with E-state index in [2.05, 4.69) is 52.6 Å². The smallest absolute Gasteiger partial charge is 0.231 e. The molecule has 3 aromatic rings. The van der Waals surface area contributed by atoms with Crippen LogP contribution in [0, 0.1) is 5.92 Å². The Hall–Kier alpha value is -2.79. The van der Waals surface area contributed by atoms with Crippen LogP contribution in [0.15, 0.2) is 54.7 Å². The fourth-order valence-corrected chi connectivity index (χ4v) is 3.69. The normalized spacial score (nSPS) is 18.4. The molecule has 1 saturated heterocycles. The number of aromatic nitrogens is 2. The Kier molecular flexibility index (Phi) is 3.87. The molecule has 1 N–H and O–H groups in total. The summed E-state index contributed by atoms with van der Waals surface area (Å²) in [6, 6.07) is 16.7. The van der Waals surface area contributed by atoms with Gasteiger partial charge in [0.05, 0.1) is 5.69 Å². The Morgan fingerprint density at radius 2 is 1.88 bits per heavy atom. The number of nitrogens with one attached hydrogen (secondary N) is 1. The quantitative estimate of drug-likeness (QED) is 0.784. The highest BCUT2D eigenvalue weighted by Crippen LogP contribution is 2.36. The van der Waals surface area contributed by atoms with E-state index in [-0.39, 0.29) is 0 Å². The van der Waals surface area contributed by atoms with Crippen molar-refractivity contribution >= 4 is 0 Å². The van der Waals surface area contributed by atoms with E-state index in [1.165, 1.54) is 6.42 Å². The SMILES string of the molecule is c1cc(-c2ccc3c(c2)OCO3)cc(-c2ccn(CC3CCNC3)n2)c1. The van der Waals surface area contributed by atoms with Crippen molar-refractivity contribution in [1.29, 1.82) is 0 Å². The van der Waals surface area contributed by atoms with Crippen LogP contribution in [-0.2, 0) is 6.54 Å². The number of hydrogen-bond acceptors (Lipinski definition) is 4. The summed E-state index contributed by atoms with van der Waals surface area (Å²) in [4.78, 5) is 0. The third kappa shape index (κ3) is 2.95. The van der Waals surface area contributed by atoms with E-state index in [9.17, 15) is 0 Å². The molecular formula is C21H21N3O2. The summed E-state index contributed by atoms with van der Waals surface area (Å²) >= 11 is 0. The minimum atomic E-state index is 0.298. The molecule has 1 atom stereocenters. The van der Waals surface area contributed by atoms with Gasteiger partial charge in [0.1, 0.15) is 0 Å². The topological polar surface area (TPSA) is 48.3 Å². The standard InChI is InChI=1S/C21H21N3O2/c1-2-16(17-4-5-20-21(11-17)26-14-25-20)10-18(3-1)19-7-9-24(23-19)13-15-6-8-22-12-15/h1-5,7,9-11,15,22H,6,8,12-14H2. The van der Waals surface area contributed by atoms with E-state index in [1.54, 1.807) is 0 Å². The van der Waals surface area contributed by atoms with E-state index >= 15 is 0 Å². The lowest BCUT2D eigenvalue weighted by Gasteiger charge is -2.08. The summed E-state index contributed by atoms with van der Waals surface area (Å²) in [5.74, 6) is 2.30. The number of benzene rings is 2. The molecule has 2 aliphatic heterocycles. The van der Waals surface area contributed by atoms with Crippen LogP contribution in [0.25, 0.3) is 22.4 Å². The minimum Gasteiger partial charge on any atom is -0.454 e. The molecule has 1 unspecified atom stereocenters.